The Bertz CT molecular complexity index is 500. The molecule has 0 radical (unpaired) electrons. The Hall–Kier alpha value is -1.30. The second-order valence-electron chi connectivity index (χ2n) is 5.97. The lowest BCUT2D eigenvalue weighted by atomic mass is 9.97. The van der Waals surface area contributed by atoms with Crippen LogP contribution >= 0.6 is 12.4 Å². The van der Waals surface area contributed by atoms with Crippen molar-refractivity contribution in [3.8, 4) is 0 Å². The summed E-state index contributed by atoms with van der Waals surface area (Å²) < 4.78 is 5.42. The molecule has 2 fully saturated rings. The number of amides is 1. The maximum absolute atomic E-state index is 12.3. The standard InChI is InChI=1S/C17H25N3O2.ClH/c21-17(14-5-7-18-8-6-14)19-13-15-3-1-2-4-16(15)20-9-11-22-12-10-20;/h1-4,14,18H,5-13H2,(H,19,21);1H. The molecule has 0 spiro atoms. The van der Waals surface area contributed by atoms with Crippen LogP contribution in [0.3, 0.4) is 0 Å². The zero-order valence-corrected chi connectivity index (χ0v) is 14.2. The first kappa shape index (κ1) is 18.0. The molecule has 3 rings (SSSR count). The van der Waals surface area contributed by atoms with Gasteiger partial charge in [-0.3, -0.25) is 4.79 Å². The van der Waals surface area contributed by atoms with E-state index in [0.717, 1.165) is 52.2 Å². The zero-order valence-electron chi connectivity index (χ0n) is 13.4. The predicted molar refractivity (Wildman–Crippen MR) is 94.2 cm³/mol. The Kier molecular flexibility index (Phi) is 7.15. The van der Waals surface area contributed by atoms with E-state index < -0.39 is 0 Å². The molecule has 2 heterocycles. The van der Waals surface area contributed by atoms with E-state index in [1.54, 1.807) is 0 Å². The van der Waals surface area contributed by atoms with Gasteiger partial charge in [-0.1, -0.05) is 18.2 Å². The molecule has 0 aromatic heterocycles. The number of hydrogen-bond acceptors (Lipinski definition) is 4. The number of piperidine rings is 1. The number of anilines is 1. The summed E-state index contributed by atoms with van der Waals surface area (Å²) in [5, 5.41) is 6.42. The summed E-state index contributed by atoms with van der Waals surface area (Å²) in [6.45, 7) is 5.88. The fraction of sp³-hybridized carbons (Fsp3) is 0.588. The Morgan fingerprint density at radius 2 is 1.91 bits per heavy atom. The first-order valence-electron chi connectivity index (χ1n) is 8.23. The number of para-hydroxylation sites is 1. The number of nitrogens with zero attached hydrogens (tertiary/aromatic N) is 1. The molecule has 0 aliphatic carbocycles. The molecule has 128 valence electrons. The minimum Gasteiger partial charge on any atom is -0.378 e. The van der Waals surface area contributed by atoms with Crippen LogP contribution in [0.1, 0.15) is 18.4 Å². The number of benzene rings is 1. The van der Waals surface area contributed by atoms with Crippen LogP contribution in [0.25, 0.3) is 0 Å². The first-order valence-corrected chi connectivity index (χ1v) is 8.23. The quantitative estimate of drug-likeness (QED) is 0.874. The van der Waals surface area contributed by atoms with E-state index in [2.05, 4.69) is 33.7 Å². The number of rotatable bonds is 4. The van der Waals surface area contributed by atoms with Gasteiger partial charge in [-0.05, 0) is 37.6 Å². The molecule has 0 unspecified atom stereocenters. The van der Waals surface area contributed by atoms with Crippen LogP contribution in [0, 0.1) is 5.92 Å². The number of carbonyl (C=O) groups excluding carboxylic acids is 1. The van der Waals surface area contributed by atoms with Gasteiger partial charge in [-0.25, -0.2) is 0 Å². The molecule has 2 saturated heterocycles. The van der Waals surface area contributed by atoms with E-state index in [4.69, 9.17) is 4.74 Å². The topological polar surface area (TPSA) is 53.6 Å². The van der Waals surface area contributed by atoms with Gasteiger partial charge in [0.05, 0.1) is 13.2 Å². The fourth-order valence-corrected chi connectivity index (χ4v) is 3.18. The van der Waals surface area contributed by atoms with Gasteiger partial charge in [0, 0.05) is 31.2 Å². The van der Waals surface area contributed by atoms with Gasteiger partial charge in [0.2, 0.25) is 5.91 Å². The summed E-state index contributed by atoms with van der Waals surface area (Å²) in [7, 11) is 0. The normalized spacial score (nSPS) is 19.0. The summed E-state index contributed by atoms with van der Waals surface area (Å²) in [4.78, 5) is 14.6. The zero-order chi connectivity index (χ0) is 15.2. The average Bonchev–Trinajstić information content (AvgIpc) is 2.61. The molecule has 1 amide bonds. The molecule has 2 N–H and O–H groups in total. The number of nitrogens with one attached hydrogen (secondary N) is 2. The maximum Gasteiger partial charge on any atom is 0.223 e. The number of morpholine rings is 1. The van der Waals surface area contributed by atoms with Crippen molar-refractivity contribution in [2.75, 3.05) is 44.3 Å². The van der Waals surface area contributed by atoms with Crippen molar-refractivity contribution >= 4 is 24.0 Å². The largest absolute Gasteiger partial charge is 0.378 e. The van der Waals surface area contributed by atoms with Crippen molar-refractivity contribution in [1.29, 1.82) is 0 Å². The maximum atomic E-state index is 12.3. The highest BCUT2D eigenvalue weighted by Gasteiger charge is 2.21. The molecule has 2 aliphatic rings. The van der Waals surface area contributed by atoms with E-state index >= 15 is 0 Å². The molecule has 0 atom stereocenters. The Morgan fingerprint density at radius 1 is 1.22 bits per heavy atom. The highest BCUT2D eigenvalue weighted by molar-refractivity contribution is 5.85. The van der Waals surface area contributed by atoms with E-state index in [1.165, 1.54) is 11.3 Å². The predicted octanol–water partition coefficient (Wildman–Crippen LogP) is 1.56. The van der Waals surface area contributed by atoms with Crippen LogP contribution in [-0.2, 0) is 16.1 Å². The third-order valence-corrected chi connectivity index (χ3v) is 4.51. The summed E-state index contributed by atoms with van der Waals surface area (Å²) >= 11 is 0. The van der Waals surface area contributed by atoms with Crippen molar-refractivity contribution in [3.05, 3.63) is 29.8 Å². The lowest BCUT2D eigenvalue weighted by Gasteiger charge is -2.31. The second-order valence-corrected chi connectivity index (χ2v) is 5.97. The van der Waals surface area contributed by atoms with Crippen molar-refractivity contribution in [2.24, 2.45) is 5.92 Å². The summed E-state index contributed by atoms with van der Waals surface area (Å²) in [5.74, 6) is 0.357. The minimum atomic E-state index is 0. The van der Waals surface area contributed by atoms with E-state index in [-0.39, 0.29) is 24.2 Å². The van der Waals surface area contributed by atoms with Gasteiger partial charge in [0.15, 0.2) is 0 Å². The summed E-state index contributed by atoms with van der Waals surface area (Å²) in [5.41, 5.74) is 2.41. The fourth-order valence-electron chi connectivity index (χ4n) is 3.18. The van der Waals surface area contributed by atoms with Crippen LogP contribution in [0.15, 0.2) is 24.3 Å². The van der Waals surface area contributed by atoms with Crippen molar-refractivity contribution in [1.82, 2.24) is 10.6 Å². The third-order valence-electron chi connectivity index (χ3n) is 4.51. The molecule has 1 aromatic carbocycles. The van der Waals surface area contributed by atoms with Crippen molar-refractivity contribution in [3.63, 3.8) is 0 Å². The molecular formula is C17H26ClN3O2. The summed E-state index contributed by atoms with van der Waals surface area (Å²) in [6.07, 6.45) is 1.88. The highest BCUT2D eigenvalue weighted by atomic mass is 35.5. The van der Waals surface area contributed by atoms with Crippen LogP contribution in [-0.4, -0.2) is 45.3 Å². The monoisotopic (exact) mass is 339 g/mol. The van der Waals surface area contributed by atoms with Crippen LogP contribution in [0.5, 0.6) is 0 Å². The van der Waals surface area contributed by atoms with E-state index in [1.807, 2.05) is 6.07 Å². The molecule has 23 heavy (non-hydrogen) atoms. The van der Waals surface area contributed by atoms with Gasteiger partial charge in [0.25, 0.3) is 0 Å². The van der Waals surface area contributed by atoms with Gasteiger partial charge in [-0.15, -0.1) is 12.4 Å². The lowest BCUT2D eigenvalue weighted by Crippen LogP contribution is -2.39. The Labute approximate surface area is 144 Å². The number of carbonyl (C=O) groups is 1. The number of ether oxygens (including phenoxy) is 1. The molecular weight excluding hydrogens is 314 g/mol. The SMILES string of the molecule is Cl.O=C(NCc1ccccc1N1CCOCC1)C1CCNCC1. The van der Waals surface area contributed by atoms with Gasteiger partial charge < -0.3 is 20.3 Å². The molecule has 0 saturated carbocycles. The Balaban J connectivity index is 0.00000192. The van der Waals surface area contributed by atoms with Crippen LogP contribution in [0.2, 0.25) is 0 Å². The second kappa shape index (κ2) is 9.11. The van der Waals surface area contributed by atoms with Crippen molar-refractivity contribution < 1.29 is 9.53 Å². The molecule has 1 aromatic rings. The highest BCUT2D eigenvalue weighted by Crippen LogP contribution is 2.21. The van der Waals surface area contributed by atoms with Gasteiger partial charge in [-0.2, -0.15) is 0 Å². The summed E-state index contributed by atoms with van der Waals surface area (Å²) in [6, 6.07) is 8.34. The lowest BCUT2D eigenvalue weighted by molar-refractivity contribution is -0.125. The van der Waals surface area contributed by atoms with Crippen LogP contribution < -0.4 is 15.5 Å². The molecule has 0 bridgehead atoms. The van der Waals surface area contributed by atoms with E-state index in [0.29, 0.717) is 6.54 Å². The minimum absolute atomic E-state index is 0. The molecule has 2 aliphatic heterocycles. The Morgan fingerprint density at radius 3 is 2.65 bits per heavy atom. The molecule has 5 nitrogen and oxygen atoms in total. The number of halogens is 1. The smallest absolute Gasteiger partial charge is 0.223 e. The van der Waals surface area contributed by atoms with Crippen molar-refractivity contribution in [2.45, 2.75) is 19.4 Å². The third kappa shape index (κ3) is 4.83. The average molecular weight is 340 g/mol. The van der Waals surface area contributed by atoms with Gasteiger partial charge in [0.1, 0.15) is 0 Å². The van der Waals surface area contributed by atoms with E-state index in [9.17, 15) is 4.79 Å². The van der Waals surface area contributed by atoms with Crippen LogP contribution in [0.4, 0.5) is 5.69 Å². The molecule has 6 heteroatoms. The first-order chi connectivity index (χ1) is 10.8. The van der Waals surface area contributed by atoms with Gasteiger partial charge >= 0.3 is 0 Å². The number of hydrogen-bond donors (Lipinski definition) is 2.